The minimum atomic E-state index is -0.608. The van der Waals surface area contributed by atoms with Gasteiger partial charge in [-0.3, -0.25) is 4.79 Å². The molecule has 1 amide bonds. The van der Waals surface area contributed by atoms with Gasteiger partial charge in [-0.25, -0.2) is 9.78 Å². The fourth-order valence-electron chi connectivity index (χ4n) is 6.00. The number of amides is 1. The molecule has 11 heteroatoms. The SMILES string of the molecule is CCOC(=O)OC1(C2CCCCC2)CCN(C(=O)[C@@H](Cc2ccc(OC)cc2)NC(=S)NCCc2cnc[nH]2)CC1. The van der Waals surface area contributed by atoms with Gasteiger partial charge in [-0.15, -0.1) is 0 Å². The molecule has 3 N–H and O–H groups in total. The van der Waals surface area contributed by atoms with Crippen LogP contribution < -0.4 is 15.4 Å². The minimum absolute atomic E-state index is 0.0214. The summed E-state index contributed by atoms with van der Waals surface area (Å²) in [5, 5.41) is 6.91. The Morgan fingerprint density at radius 1 is 1.17 bits per heavy atom. The molecular formula is C30H43N5O5S. The zero-order chi connectivity index (χ0) is 29.1. The van der Waals surface area contributed by atoms with Crippen molar-refractivity contribution in [3.05, 3.63) is 48.0 Å². The number of imidazole rings is 1. The molecule has 1 aliphatic heterocycles. The zero-order valence-corrected chi connectivity index (χ0v) is 25.0. The molecule has 224 valence electrons. The van der Waals surface area contributed by atoms with Crippen LogP contribution in [0.4, 0.5) is 4.79 Å². The molecule has 41 heavy (non-hydrogen) atoms. The van der Waals surface area contributed by atoms with E-state index in [9.17, 15) is 9.59 Å². The number of rotatable bonds is 11. The molecule has 1 atom stereocenters. The van der Waals surface area contributed by atoms with Crippen LogP contribution in [0.3, 0.4) is 0 Å². The summed E-state index contributed by atoms with van der Waals surface area (Å²) in [6.45, 7) is 3.68. The maximum absolute atomic E-state index is 13.9. The van der Waals surface area contributed by atoms with Crippen molar-refractivity contribution in [2.24, 2.45) is 5.92 Å². The number of methoxy groups -OCH3 is 1. The lowest BCUT2D eigenvalue weighted by Gasteiger charge is -2.47. The fourth-order valence-corrected chi connectivity index (χ4v) is 6.24. The second-order valence-corrected chi connectivity index (χ2v) is 11.3. The second kappa shape index (κ2) is 15.0. The van der Waals surface area contributed by atoms with Crippen LogP contribution in [0.1, 0.15) is 63.1 Å². The monoisotopic (exact) mass is 585 g/mol. The van der Waals surface area contributed by atoms with E-state index in [1.165, 1.54) is 6.42 Å². The zero-order valence-electron chi connectivity index (χ0n) is 24.2. The highest BCUT2D eigenvalue weighted by molar-refractivity contribution is 7.80. The lowest BCUT2D eigenvalue weighted by molar-refractivity contribution is -0.142. The number of piperidine rings is 1. The van der Waals surface area contributed by atoms with Crippen LogP contribution in [-0.2, 0) is 27.1 Å². The maximum Gasteiger partial charge on any atom is 0.508 e. The van der Waals surface area contributed by atoms with Gasteiger partial charge in [-0.1, -0.05) is 31.4 Å². The number of nitrogens with zero attached hydrogens (tertiary/aromatic N) is 2. The Labute approximate surface area is 247 Å². The summed E-state index contributed by atoms with van der Waals surface area (Å²) < 4.78 is 16.5. The van der Waals surface area contributed by atoms with Crippen molar-refractivity contribution < 1.29 is 23.8 Å². The van der Waals surface area contributed by atoms with E-state index in [1.54, 1.807) is 26.6 Å². The van der Waals surface area contributed by atoms with Crippen LogP contribution in [0.2, 0.25) is 0 Å². The molecule has 1 aromatic heterocycles. The van der Waals surface area contributed by atoms with E-state index in [0.29, 0.717) is 44.0 Å². The molecule has 1 saturated carbocycles. The quantitative estimate of drug-likeness (QED) is 0.264. The predicted molar refractivity (Wildman–Crippen MR) is 160 cm³/mol. The van der Waals surface area contributed by atoms with Crippen LogP contribution >= 0.6 is 12.2 Å². The summed E-state index contributed by atoms with van der Waals surface area (Å²) in [4.78, 5) is 35.4. The van der Waals surface area contributed by atoms with Gasteiger partial charge in [-0.05, 0) is 55.6 Å². The maximum atomic E-state index is 13.9. The Kier molecular flexibility index (Phi) is 11.2. The molecule has 2 aliphatic rings. The van der Waals surface area contributed by atoms with Crippen LogP contribution in [0.5, 0.6) is 5.75 Å². The minimum Gasteiger partial charge on any atom is -0.497 e. The van der Waals surface area contributed by atoms with E-state index >= 15 is 0 Å². The van der Waals surface area contributed by atoms with Crippen molar-refractivity contribution in [1.82, 2.24) is 25.5 Å². The highest BCUT2D eigenvalue weighted by atomic mass is 32.1. The number of ether oxygens (including phenoxy) is 3. The summed E-state index contributed by atoms with van der Waals surface area (Å²) in [6, 6.07) is 7.16. The van der Waals surface area contributed by atoms with Gasteiger partial charge in [0.05, 0.1) is 20.0 Å². The number of hydrogen-bond donors (Lipinski definition) is 3. The molecule has 0 radical (unpaired) electrons. The van der Waals surface area contributed by atoms with Crippen LogP contribution in [-0.4, -0.2) is 77.0 Å². The van der Waals surface area contributed by atoms with E-state index in [1.807, 2.05) is 29.2 Å². The largest absolute Gasteiger partial charge is 0.508 e. The van der Waals surface area contributed by atoms with E-state index in [0.717, 1.165) is 49.1 Å². The molecule has 1 aliphatic carbocycles. The van der Waals surface area contributed by atoms with Gasteiger partial charge in [0.15, 0.2) is 5.11 Å². The topological polar surface area (TPSA) is 118 Å². The number of hydrogen-bond acceptors (Lipinski definition) is 7. The molecule has 1 aromatic carbocycles. The van der Waals surface area contributed by atoms with Crippen molar-refractivity contribution in [2.75, 3.05) is 33.4 Å². The molecule has 1 saturated heterocycles. The number of nitrogens with one attached hydrogen (secondary N) is 3. The van der Waals surface area contributed by atoms with Gasteiger partial charge in [0.2, 0.25) is 5.91 Å². The fraction of sp³-hybridized carbons (Fsp3) is 0.600. The first kappa shape index (κ1) is 30.6. The van der Waals surface area contributed by atoms with Gasteiger partial charge in [0.1, 0.15) is 17.4 Å². The first-order valence-electron chi connectivity index (χ1n) is 14.7. The lowest BCUT2D eigenvalue weighted by Crippen LogP contribution is -2.57. The summed E-state index contributed by atoms with van der Waals surface area (Å²) in [6.07, 6.45) is 10.8. The van der Waals surface area contributed by atoms with Crippen LogP contribution in [0.15, 0.2) is 36.8 Å². The Morgan fingerprint density at radius 3 is 2.54 bits per heavy atom. The summed E-state index contributed by atoms with van der Waals surface area (Å²) in [5.41, 5.74) is 1.41. The lowest BCUT2D eigenvalue weighted by atomic mass is 9.72. The Balaban J connectivity index is 1.42. The highest BCUT2D eigenvalue weighted by Gasteiger charge is 2.46. The van der Waals surface area contributed by atoms with Gasteiger partial charge in [0, 0.05) is 57.2 Å². The van der Waals surface area contributed by atoms with Crippen LogP contribution in [0.25, 0.3) is 0 Å². The first-order chi connectivity index (χ1) is 19.9. The Hall–Kier alpha value is -3.34. The summed E-state index contributed by atoms with van der Waals surface area (Å²) in [5.74, 6) is 1.03. The van der Waals surface area contributed by atoms with E-state index in [-0.39, 0.29) is 18.4 Å². The third-order valence-corrected chi connectivity index (χ3v) is 8.52. The second-order valence-electron chi connectivity index (χ2n) is 10.8. The number of carbonyl (C=O) groups excluding carboxylic acids is 2. The molecule has 2 heterocycles. The normalized spacial score (nSPS) is 17.8. The first-order valence-corrected chi connectivity index (χ1v) is 15.1. The number of thiocarbonyl (C=S) groups is 1. The molecule has 0 spiro atoms. The van der Waals surface area contributed by atoms with E-state index < -0.39 is 17.8 Å². The molecular weight excluding hydrogens is 542 g/mol. The number of aromatic amines is 1. The third-order valence-electron chi connectivity index (χ3n) is 8.26. The average Bonchev–Trinajstić information content (AvgIpc) is 3.51. The van der Waals surface area contributed by atoms with Crippen molar-refractivity contribution >= 4 is 29.4 Å². The Morgan fingerprint density at radius 2 is 1.90 bits per heavy atom. The number of H-pyrrole nitrogens is 1. The van der Waals surface area contributed by atoms with Crippen LogP contribution in [0, 0.1) is 5.92 Å². The molecule has 0 bridgehead atoms. The van der Waals surface area contributed by atoms with Gasteiger partial charge >= 0.3 is 6.16 Å². The molecule has 2 fully saturated rings. The number of likely N-dealkylation sites (tertiary alicyclic amines) is 1. The standard InChI is InChI=1S/C30H43N5O5S/c1-3-39-29(37)40-30(23-7-5-4-6-8-23)14-17-35(18-15-30)27(36)26(19-22-9-11-25(38-2)12-10-22)34-28(41)32-16-13-24-20-31-21-33-24/h9-12,20-21,23,26H,3-8,13-19H2,1-2H3,(H,31,33)(H2,32,34,41)/t26-/m1/s1. The third kappa shape index (κ3) is 8.58. The number of aromatic nitrogens is 2. The van der Waals surface area contributed by atoms with E-state index in [2.05, 4.69) is 20.6 Å². The smallest absolute Gasteiger partial charge is 0.497 e. The Bertz CT molecular complexity index is 1110. The van der Waals surface area contributed by atoms with Crippen molar-refractivity contribution in [1.29, 1.82) is 0 Å². The van der Waals surface area contributed by atoms with Gasteiger partial charge in [0.25, 0.3) is 0 Å². The predicted octanol–water partition coefficient (Wildman–Crippen LogP) is 4.15. The molecule has 0 unspecified atom stereocenters. The van der Waals surface area contributed by atoms with E-state index in [4.69, 9.17) is 26.4 Å². The molecule has 10 nitrogen and oxygen atoms in total. The molecule has 4 rings (SSSR count). The summed E-state index contributed by atoms with van der Waals surface area (Å²) >= 11 is 5.59. The molecule has 2 aromatic rings. The van der Waals surface area contributed by atoms with Gasteiger partial charge < -0.3 is 34.7 Å². The van der Waals surface area contributed by atoms with Crippen molar-refractivity contribution in [2.45, 2.75) is 76.4 Å². The number of benzene rings is 1. The average molecular weight is 586 g/mol. The number of carbonyl (C=O) groups is 2. The van der Waals surface area contributed by atoms with Gasteiger partial charge in [-0.2, -0.15) is 0 Å². The van der Waals surface area contributed by atoms with Crippen molar-refractivity contribution in [3.63, 3.8) is 0 Å². The van der Waals surface area contributed by atoms with Crippen molar-refractivity contribution in [3.8, 4) is 5.75 Å². The summed E-state index contributed by atoms with van der Waals surface area (Å²) in [7, 11) is 1.63. The highest BCUT2D eigenvalue weighted by Crippen LogP contribution is 2.42.